The molecule has 0 N–H and O–H groups in total. The lowest BCUT2D eigenvalue weighted by Gasteiger charge is -2.26. The van der Waals surface area contributed by atoms with Crippen LogP contribution in [0.25, 0.3) is 209 Å². The molecule has 22 aromatic carbocycles. The van der Waals surface area contributed by atoms with E-state index in [-0.39, 0.29) is 0 Å². The van der Waals surface area contributed by atoms with E-state index in [1.54, 1.807) is 0 Å². The Balaban J connectivity index is 0.000000143. The third kappa shape index (κ3) is 14.2. The van der Waals surface area contributed by atoms with Gasteiger partial charge in [0.2, 0.25) is 0 Å². The Kier molecular flexibility index (Phi) is 19.5. The quantitative estimate of drug-likeness (QED) is 0.0967. The number of hydrogen-bond donors (Lipinski definition) is 0. The van der Waals surface area contributed by atoms with Crippen molar-refractivity contribution >= 4 is 143 Å². The molecule has 0 spiro atoms. The van der Waals surface area contributed by atoms with Gasteiger partial charge in [-0.2, -0.15) is 0 Å². The van der Waals surface area contributed by atoms with Crippen LogP contribution in [0.4, 0.5) is 34.1 Å². The first-order valence-electron chi connectivity index (χ1n) is 45.8. The molecule has 4 aromatic heterocycles. The van der Waals surface area contributed by atoms with Crippen LogP contribution in [0.3, 0.4) is 0 Å². The third-order valence-electron chi connectivity index (χ3n) is 26.8. The zero-order valence-electron chi connectivity index (χ0n) is 73.1. The van der Waals surface area contributed by atoms with Gasteiger partial charge in [0.05, 0.1) is 22.1 Å². The summed E-state index contributed by atoms with van der Waals surface area (Å²) >= 11 is 0. The summed E-state index contributed by atoms with van der Waals surface area (Å²) in [4.78, 5) is 4.71. The molecule has 0 saturated carbocycles. The van der Waals surface area contributed by atoms with Crippen LogP contribution in [-0.2, 0) is 0 Å². The van der Waals surface area contributed by atoms with Gasteiger partial charge in [0.25, 0.3) is 0 Å². The molecule has 6 heteroatoms. The van der Waals surface area contributed by atoms with E-state index in [1.165, 1.54) is 115 Å². The van der Waals surface area contributed by atoms with Crippen LogP contribution in [0.1, 0.15) is 0 Å². The molecule has 6 nitrogen and oxygen atoms in total. The van der Waals surface area contributed by atoms with E-state index in [2.05, 4.69) is 504 Å². The van der Waals surface area contributed by atoms with Crippen LogP contribution >= 0.6 is 0 Å². The normalized spacial score (nSPS) is 11.6. The van der Waals surface area contributed by atoms with Crippen molar-refractivity contribution in [2.75, 3.05) is 9.80 Å². The van der Waals surface area contributed by atoms with Crippen LogP contribution in [0.2, 0.25) is 0 Å². The minimum atomic E-state index is 0.908. The van der Waals surface area contributed by atoms with Gasteiger partial charge in [0, 0.05) is 88.6 Å². The minimum absolute atomic E-state index is 0.908. The Morgan fingerprint density at radius 3 is 0.799 bits per heavy atom. The first kappa shape index (κ1) is 78.4. The standard InChI is InChI=1S/2C64H42N2O/c1-2-16-54-46(12-1)13-10-20-55(54)47-34-40-52(41-35-47)65(50-36-30-44(31-37-50)43-26-28-48(29-27-43)56-21-11-25-63-64(56)59-19-5-8-24-62(59)67-63)51-38-32-45(33-39-51)49-14-9-15-53(42-49)66-60-22-6-3-17-57(60)58-18-4-7-23-61(58)66;1-2-12-49-41-51(28-25-43(49)11-1)47-33-39-54(40-34-47)65(52-35-29-45(30-36-52)44-23-26-48(27-24-44)56-18-10-22-63-64(56)59-17-5-8-21-62(59)67-63)53-37-31-46(32-38-53)50-13-9-14-55(42-50)66-60-19-6-3-15-57(60)58-16-4-7-20-61(58)66/h2*1-42H. The summed E-state index contributed by atoms with van der Waals surface area (Å²) in [6.45, 7) is 0. The number of nitrogens with zero attached hydrogens (tertiary/aromatic N) is 4. The summed E-state index contributed by atoms with van der Waals surface area (Å²) in [7, 11) is 0. The largest absolute Gasteiger partial charge is 0.456 e. The highest BCUT2D eigenvalue weighted by Gasteiger charge is 2.22. The average molecular weight is 1710 g/mol. The van der Waals surface area contributed by atoms with Crippen molar-refractivity contribution in [2.24, 2.45) is 0 Å². The summed E-state index contributed by atoms with van der Waals surface area (Å²) in [5.41, 5.74) is 36.0. The lowest BCUT2D eigenvalue weighted by molar-refractivity contribution is 0.668. The SMILES string of the molecule is c1cc(-c2ccc(N(c3ccc(-c4ccc(-c5cccc6oc7ccccc7c56)cc4)cc3)c3ccc(-c4ccc5ccccc5c4)cc3)cc2)cc(-n2c3ccccc3c3ccccc32)c1.c1cc(-c2ccc(N(c3ccc(-c4ccc(-c5cccc6oc7ccccc7c56)cc4)cc3)c3ccc(-c4cccc5ccccc45)cc3)cc2)cc(-n2c3ccccc3c3ccccc32)c1. The van der Waals surface area contributed by atoms with Crippen molar-refractivity contribution in [3.05, 3.63) is 510 Å². The Morgan fingerprint density at radius 1 is 0.149 bits per heavy atom. The maximum absolute atomic E-state index is 6.21. The van der Waals surface area contributed by atoms with E-state index in [0.717, 1.165) is 128 Å². The van der Waals surface area contributed by atoms with Gasteiger partial charge >= 0.3 is 0 Å². The molecule has 0 aliphatic carbocycles. The molecule has 26 rings (SSSR count). The van der Waals surface area contributed by atoms with E-state index in [9.17, 15) is 0 Å². The third-order valence-corrected chi connectivity index (χ3v) is 26.8. The molecule has 0 radical (unpaired) electrons. The van der Waals surface area contributed by atoms with Crippen LogP contribution < -0.4 is 9.80 Å². The fourth-order valence-corrected chi connectivity index (χ4v) is 20.3. The molecule has 0 atom stereocenters. The van der Waals surface area contributed by atoms with Gasteiger partial charge in [-0.25, -0.2) is 0 Å². The number of fused-ring (bicyclic) bond motifs is 14. The first-order valence-corrected chi connectivity index (χ1v) is 45.8. The van der Waals surface area contributed by atoms with Crippen LogP contribution in [0, 0.1) is 0 Å². The summed E-state index contributed by atoms with van der Waals surface area (Å²) in [6, 6.07) is 184. The predicted octanol–water partition coefficient (Wildman–Crippen LogP) is 35.9. The molecule has 0 unspecified atom stereocenters. The summed E-state index contributed by atoms with van der Waals surface area (Å²) in [5.74, 6) is 0. The second-order valence-electron chi connectivity index (χ2n) is 34.6. The van der Waals surface area contributed by atoms with Crippen LogP contribution in [0.15, 0.2) is 518 Å². The molecular weight excluding hydrogens is 1630 g/mol. The van der Waals surface area contributed by atoms with Crippen LogP contribution in [-0.4, -0.2) is 9.13 Å². The molecular formula is C128H84N4O2. The van der Waals surface area contributed by atoms with E-state index in [0.29, 0.717) is 0 Å². The Hall–Kier alpha value is -17.8. The molecule has 134 heavy (non-hydrogen) atoms. The summed E-state index contributed by atoms with van der Waals surface area (Å²) < 4.78 is 17.2. The number of benzene rings is 22. The highest BCUT2D eigenvalue weighted by Crippen LogP contribution is 2.46. The van der Waals surface area contributed by atoms with E-state index < -0.39 is 0 Å². The van der Waals surface area contributed by atoms with Gasteiger partial charge in [-0.15, -0.1) is 0 Å². The summed E-state index contributed by atoms with van der Waals surface area (Å²) in [6.07, 6.45) is 0. The molecule has 0 aliphatic heterocycles. The fraction of sp³-hybridized carbons (Fsp3) is 0. The van der Waals surface area contributed by atoms with Gasteiger partial charge in [-0.1, -0.05) is 358 Å². The highest BCUT2D eigenvalue weighted by molar-refractivity contribution is 6.15. The molecule has 26 aromatic rings. The molecule has 0 amide bonds. The van der Waals surface area contributed by atoms with Crippen molar-refractivity contribution in [1.29, 1.82) is 0 Å². The van der Waals surface area contributed by atoms with Gasteiger partial charge in [0.1, 0.15) is 22.3 Å². The molecule has 628 valence electrons. The number of rotatable bonds is 16. The van der Waals surface area contributed by atoms with Gasteiger partial charge < -0.3 is 27.8 Å². The zero-order chi connectivity index (χ0) is 88.5. The average Bonchev–Trinajstić information content (AvgIpc) is 1.60. The lowest BCUT2D eigenvalue weighted by atomic mass is 9.96. The van der Waals surface area contributed by atoms with Gasteiger partial charge in [0.15, 0.2) is 0 Å². The summed E-state index contributed by atoms with van der Waals surface area (Å²) in [5, 5.41) is 14.6. The van der Waals surface area contributed by atoms with Crippen molar-refractivity contribution in [3.8, 4) is 100 Å². The molecule has 0 aliphatic rings. The smallest absolute Gasteiger partial charge is 0.136 e. The number of hydrogen-bond acceptors (Lipinski definition) is 4. The number of furan rings is 2. The maximum atomic E-state index is 6.21. The van der Waals surface area contributed by atoms with Crippen molar-refractivity contribution in [3.63, 3.8) is 0 Å². The first-order chi connectivity index (χ1) is 66.4. The van der Waals surface area contributed by atoms with Crippen molar-refractivity contribution < 1.29 is 8.83 Å². The number of para-hydroxylation sites is 6. The van der Waals surface area contributed by atoms with Gasteiger partial charge in [-0.05, 0) is 262 Å². The highest BCUT2D eigenvalue weighted by atomic mass is 16.3. The minimum Gasteiger partial charge on any atom is -0.456 e. The Bertz CT molecular complexity index is 8830. The second-order valence-corrected chi connectivity index (χ2v) is 34.6. The number of anilines is 6. The molecule has 0 saturated heterocycles. The van der Waals surface area contributed by atoms with Crippen LogP contribution in [0.5, 0.6) is 0 Å². The second kappa shape index (κ2) is 33.3. The molecule has 0 bridgehead atoms. The molecule has 4 heterocycles. The Morgan fingerprint density at radius 2 is 0.403 bits per heavy atom. The topological polar surface area (TPSA) is 42.6 Å². The predicted molar refractivity (Wildman–Crippen MR) is 564 cm³/mol. The van der Waals surface area contributed by atoms with E-state index in [1.807, 2.05) is 24.3 Å². The monoisotopic (exact) mass is 1710 g/mol. The van der Waals surface area contributed by atoms with E-state index in [4.69, 9.17) is 8.83 Å². The molecule has 0 fully saturated rings. The van der Waals surface area contributed by atoms with Crippen molar-refractivity contribution in [1.82, 2.24) is 9.13 Å². The fourth-order valence-electron chi connectivity index (χ4n) is 20.3. The Labute approximate surface area is 775 Å². The van der Waals surface area contributed by atoms with E-state index >= 15 is 0 Å². The number of aromatic nitrogens is 2. The lowest BCUT2D eigenvalue weighted by Crippen LogP contribution is -2.09. The van der Waals surface area contributed by atoms with Crippen molar-refractivity contribution in [2.45, 2.75) is 0 Å². The zero-order valence-corrected chi connectivity index (χ0v) is 73.1. The maximum Gasteiger partial charge on any atom is 0.136 e. The van der Waals surface area contributed by atoms with Gasteiger partial charge in [-0.3, -0.25) is 0 Å².